The first-order valence-electron chi connectivity index (χ1n) is 10.0. The predicted octanol–water partition coefficient (Wildman–Crippen LogP) is 3.20. The van der Waals surface area contributed by atoms with E-state index < -0.39 is 32.7 Å². The zero-order valence-corrected chi connectivity index (χ0v) is 19.5. The molecule has 0 saturated carbocycles. The Bertz CT molecular complexity index is 1120. The van der Waals surface area contributed by atoms with Gasteiger partial charge in [-0.3, -0.25) is 4.79 Å². The van der Waals surface area contributed by atoms with Crippen molar-refractivity contribution in [1.82, 2.24) is 14.9 Å². The summed E-state index contributed by atoms with van der Waals surface area (Å²) in [6, 6.07) is 15.0. The van der Waals surface area contributed by atoms with Gasteiger partial charge < -0.3 is 10.2 Å². The smallest absolute Gasteiger partial charge is 0.244 e. The van der Waals surface area contributed by atoms with E-state index in [1.165, 1.54) is 18.2 Å². The third kappa shape index (κ3) is 6.23. The highest BCUT2D eigenvalue weighted by atomic mass is 32.2. The van der Waals surface area contributed by atoms with E-state index in [-0.39, 0.29) is 12.5 Å². The third-order valence-electron chi connectivity index (χ3n) is 5.04. The van der Waals surface area contributed by atoms with E-state index in [0.29, 0.717) is 6.54 Å². The number of benzene rings is 2. The molecule has 0 saturated heterocycles. The van der Waals surface area contributed by atoms with Crippen molar-refractivity contribution >= 4 is 27.3 Å². The number of halogens is 1. The summed E-state index contributed by atoms with van der Waals surface area (Å²) >= 11 is 1.57. The molecule has 1 aromatic heterocycles. The highest BCUT2D eigenvalue weighted by Gasteiger charge is 2.28. The lowest BCUT2D eigenvalue weighted by molar-refractivity contribution is -0.122. The van der Waals surface area contributed by atoms with Crippen LogP contribution in [0.25, 0.3) is 0 Å². The monoisotopic (exact) mass is 475 g/mol. The summed E-state index contributed by atoms with van der Waals surface area (Å²) < 4.78 is 42.2. The number of hydrogen-bond acceptors (Lipinski definition) is 5. The number of sulfonamides is 1. The molecule has 1 unspecified atom stereocenters. The van der Waals surface area contributed by atoms with Gasteiger partial charge in [-0.15, -0.1) is 0 Å². The van der Waals surface area contributed by atoms with Crippen molar-refractivity contribution in [3.8, 4) is 0 Å². The summed E-state index contributed by atoms with van der Waals surface area (Å²) in [7, 11) is -0.421. The Morgan fingerprint density at radius 3 is 2.38 bits per heavy atom. The SMILES string of the molecule is CN(C)C(CNC(=O)[C@H](Cc1ccccc1)NS(=O)(=O)c1ccccc1F)c1ccsc1. The number of likely N-dealkylation sites (N-methyl/N-ethyl adjacent to an activating group) is 1. The van der Waals surface area contributed by atoms with Crippen LogP contribution in [0.3, 0.4) is 0 Å². The van der Waals surface area contributed by atoms with Gasteiger partial charge in [-0.2, -0.15) is 16.1 Å². The summed E-state index contributed by atoms with van der Waals surface area (Å²) in [5.41, 5.74) is 1.85. The van der Waals surface area contributed by atoms with Crippen LogP contribution in [-0.4, -0.2) is 45.9 Å². The van der Waals surface area contributed by atoms with Crippen molar-refractivity contribution < 1.29 is 17.6 Å². The average molecular weight is 476 g/mol. The van der Waals surface area contributed by atoms with Gasteiger partial charge in [-0.05, 0) is 60.6 Å². The normalized spacial score (nSPS) is 13.6. The number of thiophene rings is 1. The summed E-state index contributed by atoms with van der Waals surface area (Å²) in [6.45, 7) is 0.301. The van der Waals surface area contributed by atoms with Gasteiger partial charge in [0, 0.05) is 6.54 Å². The van der Waals surface area contributed by atoms with E-state index in [0.717, 1.165) is 17.2 Å². The van der Waals surface area contributed by atoms with E-state index in [1.54, 1.807) is 11.3 Å². The molecule has 32 heavy (non-hydrogen) atoms. The second-order valence-electron chi connectivity index (χ2n) is 7.58. The van der Waals surface area contributed by atoms with Crippen molar-refractivity contribution in [3.63, 3.8) is 0 Å². The van der Waals surface area contributed by atoms with Crippen LogP contribution in [0.15, 0.2) is 76.3 Å². The molecule has 6 nitrogen and oxygen atoms in total. The van der Waals surface area contributed by atoms with Crippen LogP contribution < -0.4 is 10.0 Å². The Labute approximate surface area is 192 Å². The van der Waals surface area contributed by atoms with Crippen LogP contribution in [0.5, 0.6) is 0 Å². The molecule has 0 radical (unpaired) electrons. The fourth-order valence-corrected chi connectivity index (χ4v) is 5.32. The lowest BCUT2D eigenvalue weighted by Gasteiger charge is -2.25. The van der Waals surface area contributed by atoms with Gasteiger partial charge in [0.15, 0.2) is 0 Å². The molecule has 0 aliphatic heterocycles. The lowest BCUT2D eigenvalue weighted by atomic mass is 10.1. The first-order valence-corrected chi connectivity index (χ1v) is 12.5. The lowest BCUT2D eigenvalue weighted by Crippen LogP contribution is -2.49. The maximum absolute atomic E-state index is 14.1. The maximum Gasteiger partial charge on any atom is 0.244 e. The molecule has 3 rings (SSSR count). The highest BCUT2D eigenvalue weighted by molar-refractivity contribution is 7.89. The van der Waals surface area contributed by atoms with Crippen molar-refractivity contribution in [3.05, 3.63) is 88.4 Å². The number of carbonyl (C=O) groups is 1. The molecule has 170 valence electrons. The molecule has 0 bridgehead atoms. The maximum atomic E-state index is 14.1. The second kappa shape index (κ2) is 10.8. The van der Waals surface area contributed by atoms with Crippen LogP contribution >= 0.6 is 11.3 Å². The van der Waals surface area contributed by atoms with Gasteiger partial charge in [-0.25, -0.2) is 12.8 Å². The Morgan fingerprint density at radius 2 is 1.75 bits per heavy atom. The summed E-state index contributed by atoms with van der Waals surface area (Å²) in [6.07, 6.45) is 0.130. The molecule has 1 amide bonds. The van der Waals surface area contributed by atoms with E-state index in [9.17, 15) is 17.6 Å². The van der Waals surface area contributed by atoms with E-state index >= 15 is 0 Å². The van der Waals surface area contributed by atoms with Gasteiger partial charge in [0.25, 0.3) is 0 Å². The highest BCUT2D eigenvalue weighted by Crippen LogP contribution is 2.20. The van der Waals surface area contributed by atoms with Gasteiger partial charge in [0.1, 0.15) is 16.8 Å². The largest absolute Gasteiger partial charge is 0.353 e. The topological polar surface area (TPSA) is 78.5 Å². The molecule has 2 N–H and O–H groups in total. The number of rotatable bonds is 10. The van der Waals surface area contributed by atoms with Crippen LogP contribution in [0, 0.1) is 5.82 Å². The molecule has 0 fully saturated rings. The molecule has 2 aromatic carbocycles. The minimum atomic E-state index is -4.25. The van der Waals surface area contributed by atoms with E-state index in [4.69, 9.17) is 0 Å². The first-order chi connectivity index (χ1) is 15.3. The van der Waals surface area contributed by atoms with E-state index in [1.807, 2.05) is 66.2 Å². The quantitative estimate of drug-likeness (QED) is 0.472. The summed E-state index contributed by atoms with van der Waals surface area (Å²) in [5, 5.41) is 6.84. The predicted molar refractivity (Wildman–Crippen MR) is 124 cm³/mol. The number of nitrogens with zero attached hydrogens (tertiary/aromatic N) is 1. The number of amides is 1. The van der Waals surface area contributed by atoms with Gasteiger partial charge in [0.05, 0.1) is 6.04 Å². The van der Waals surface area contributed by atoms with Crippen molar-refractivity contribution in [2.75, 3.05) is 20.6 Å². The Hall–Kier alpha value is -2.59. The molecule has 0 aliphatic rings. The molecule has 3 aromatic rings. The average Bonchev–Trinajstić information content (AvgIpc) is 3.28. The Balaban J connectivity index is 1.80. The molecule has 9 heteroatoms. The number of hydrogen-bond donors (Lipinski definition) is 2. The zero-order chi connectivity index (χ0) is 23.1. The fraction of sp³-hybridized carbons (Fsp3) is 0.261. The second-order valence-corrected chi connectivity index (χ2v) is 10.0. The minimum absolute atomic E-state index is 0.0641. The molecular formula is C23H26FN3O3S2. The van der Waals surface area contributed by atoms with Crippen molar-refractivity contribution in [1.29, 1.82) is 0 Å². The fourth-order valence-electron chi connectivity index (χ4n) is 3.33. The summed E-state index contributed by atoms with van der Waals surface area (Å²) in [4.78, 5) is 14.6. The summed E-state index contributed by atoms with van der Waals surface area (Å²) in [5.74, 6) is -1.35. The van der Waals surface area contributed by atoms with Crippen LogP contribution in [0.2, 0.25) is 0 Å². The van der Waals surface area contributed by atoms with Crippen LogP contribution in [-0.2, 0) is 21.2 Å². The Kier molecular flexibility index (Phi) is 8.14. The minimum Gasteiger partial charge on any atom is -0.353 e. The number of nitrogens with one attached hydrogen (secondary N) is 2. The van der Waals surface area contributed by atoms with Crippen molar-refractivity contribution in [2.45, 2.75) is 23.4 Å². The molecular weight excluding hydrogens is 449 g/mol. The van der Waals surface area contributed by atoms with Crippen molar-refractivity contribution in [2.24, 2.45) is 0 Å². The molecule has 0 aliphatic carbocycles. The first kappa shape index (κ1) is 24.1. The zero-order valence-electron chi connectivity index (χ0n) is 17.9. The van der Waals surface area contributed by atoms with E-state index in [2.05, 4.69) is 10.0 Å². The van der Waals surface area contributed by atoms with Gasteiger partial charge >= 0.3 is 0 Å². The van der Waals surface area contributed by atoms with Crippen LogP contribution in [0.1, 0.15) is 17.2 Å². The molecule has 1 heterocycles. The Morgan fingerprint density at radius 1 is 1.06 bits per heavy atom. The molecule has 2 atom stereocenters. The van der Waals surface area contributed by atoms with Gasteiger partial charge in [0.2, 0.25) is 15.9 Å². The van der Waals surface area contributed by atoms with Gasteiger partial charge in [-0.1, -0.05) is 42.5 Å². The standard InChI is InChI=1S/C23H26FN3O3S2/c1-27(2)21(18-12-13-31-16-18)15-25-23(28)20(14-17-8-4-3-5-9-17)26-32(29,30)22-11-7-6-10-19(22)24/h3-13,16,20-21,26H,14-15H2,1-2H3,(H,25,28)/t20-,21?/m0/s1. The number of carbonyl (C=O) groups excluding carboxylic acids is 1. The third-order valence-corrected chi connectivity index (χ3v) is 7.25. The van der Waals surface area contributed by atoms with Crippen LogP contribution in [0.4, 0.5) is 4.39 Å². The molecule has 0 spiro atoms.